The Balaban J connectivity index is 1.86. The van der Waals surface area contributed by atoms with Crippen molar-refractivity contribution in [1.29, 1.82) is 0 Å². The molecule has 1 aromatic carbocycles. The van der Waals surface area contributed by atoms with Gasteiger partial charge in [-0.1, -0.05) is 0 Å². The number of rotatable bonds is 3. The van der Waals surface area contributed by atoms with E-state index in [1.54, 1.807) is 12.1 Å². The molecule has 2 aromatic rings. The maximum absolute atomic E-state index is 11.6. The van der Waals surface area contributed by atoms with Crippen LogP contribution >= 0.6 is 0 Å². The van der Waals surface area contributed by atoms with E-state index in [0.717, 1.165) is 5.69 Å². The number of ether oxygens (including phenoxy) is 3. The number of nitrogens with zero attached hydrogens (tertiary/aromatic N) is 1. The number of anilines is 3. The van der Waals surface area contributed by atoms with E-state index in [-0.39, 0.29) is 18.0 Å². The van der Waals surface area contributed by atoms with E-state index in [2.05, 4.69) is 15.0 Å². The second kappa shape index (κ2) is 5.20. The molecule has 1 aromatic heterocycles. The van der Waals surface area contributed by atoms with Gasteiger partial charge >= 0.3 is 5.97 Å². The summed E-state index contributed by atoms with van der Waals surface area (Å²) in [6.45, 7) is 0.214. The van der Waals surface area contributed by atoms with E-state index in [1.165, 1.54) is 19.4 Å². The molecule has 0 aliphatic carbocycles. The summed E-state index contributed by atoms with van der Waals surface area (Å²) in [6.07, 6.45) is 1.40. The van der Waals surface area contributed by atoms with Crippen molar-refractivity contribution in [3.63, 3.8) is 0 Å². The number of nitrogen functional groups attached to an aromatic ring is 1. The highest BCUT2D eigenvalue weighted by Crippen LogP contribution is 2.35. The molecule has 0 bridgehead atoms. The Morgan fingerprint density at radius 3 is 2.95 bits per heavy atom. The van der Waals surface area contributed by atoms with E-state index in [1.807, 2.05) is 6.07 Å². The number of pyridine rings is 1. The topological polar surface area (TPSA) is 95.7 Å². The Bertz CT molecular complexity index is 703. The minimum atomic E-state index is -0.511. The van der Waals surface area contributed by atoms with Crippen LogP contribution < -0.4 is 20.5 Å². The maximum atomic E-state index is 11.6. The minimum absolute atomic E-state index is 0.214. The second-order valence-electron chi connectivity index (χ2n) is 4.34. The minimum Gasteiger partial charge on any atom is -0.465 e. The molecule has 7 nitrogen and oxygen atoms in total. The lowest BCUT2D eigenvalue weighted by Crippen LogP contribution is -2.07. The molecular formula is C14H13N3O4. The molecule has 21 heavy (non-hydrogen) atoms. The lowest BCUT2D eigenvalue weighted by Gasteiger charge is -2.09. The van der Waals surface area contributed by atoms with Gasteiger partial charge in [0.1, 0.15) is 5.82 Å². The highest BCUT2D eigenvalue weighted by molar-refractivity contribution is 5.95. The first-order chi connectivity index (χ1) is 10.2. The van der Waals surface area contributed by atoms with Gasteiger partial charge in [-0.3, -0.25) is 0 Å². The van der Waals surface area contributed by atoms with Gasteiger partial charge in [0.05, 0.1) is 24.6 Å². The monoisotopic (exact) mass is 287 g/mol. The fourth-order valence-electron chi connectivity index (χ4n) is 1.94. The fourth-order valence-corrected chi connectivity index (χ4v) is 1.94. The summed E-state index contributed by atoms with van der Waals surface area (Å²) < 4.78 is 15.2. The Kier molecular flexibility index (Phi) is 3.23. The number of nitrogens with one attached hydrogen (secondary N) is 1. The Morgan fingerprint density at radius 2 is 2.14 bits per heavy atom. The summed E-state index contributed by atoms with van der Waals surface area (Å²) in [5.74, 6) is 1.32. The number of carbonyl (C=O) groups is 1. The number of fused-ring (bicyclic) bond motifs is 1. The predicted molar refractivity (Wildman–Crippen MR) is 75.8 cm³/mol. The van der Waals surface area contributed by atoms with Crippen LogP contribution in [0.4, 0.5) is 17.2 Å². The van der Waals surface area contributed by atoms with E-state index in [4.69, 9.17) is 15.2 Å². The zero-order valence-electron chi connectivity index (χ0n) is 11.3. The van der Waals surface area contributed by atoms with Crippen LogP contribution in [0.25, 0.3) is 0 Å². The van der Waals surface area contributed by atoms with Gasteiger partial charge in [-0.15, -0.1) is 0 Å². The first-order valence-electron chi connectivity index (χ1n) is 6.18. The lowest BCUT2D eigenvalue weighted by molar-refractivity contribution is 0.0602. The van der Waals surface area contributed by atoms with Crippen molar-refractivity contribution >= 4 is 23.2 Å². The van der Waals surface area contributed by atoms with Crippen LogP contribution in [0.15, 0.2) is 30.5 Å². The summed E-state index contributed by atoms with van der Waals surface area (Å²) in [7, 11) is 1.30. The van der Waals surface area contributed by atoms with Gasteiger partial charge in [0.15, 0.2) is 11.5 Å². The number of carbonyl (C=O) groups excluding carboxylic acids is 1. The predicted octanol–water partition coefficient (Wildman–Crippen LogP) is 1.92. The summed E-state index contributed by atoms with van der Waals surface area (Å²) in [5, 5.41) is 3.07. The third kappa shape index (κ3) is 2.53. The zero-order valence-corrected chi connectivity index (χ0v) is 11.3. The van der Waals surface area contributed by atoms with Crippen molar-refractivity contribution in [2.45, 2.75) is 0 Å². The summed E-state index contributed by atoms with van der Waals surface area (Å²) >= 11 is 0. The second-order valence-corrected chi connectivity index (χ2v) is 4.34. The van der Waals surface area contributed by atoms with Crippen LogP contribution in [0, 0.1) is 0 Å². The number of benzene rings is 1. The quantitative estimate of drug-likeness (QED) is 0.832. The molecule has 2 heterocycles. The number of aromatic nitrogens is 1. The highest BCUT2D eigenvalue weighted by atomic mass is 16.7. The molecular weight excluding hydrogens is 274 g/mol. The summed E-state index contributed by atoms with van der Waals surface area (Å²) in [5.41, 5.74) is 6.98. The molecule has 0 fully saturated rings. The van der Waals surface area contributed by atoms with E-state index in [0.29, 0.717) is 17.3 Å². The summed E-state index contributed by atoms with van der Waals surface area (Å²) in [6, 6.07) is 6.94. The Hall–Kier alpha value is -2.96. The van der Waals surface area contributed by atoms with Crippen molar-refractivity contribution in [3.05, 3.63) is 36.0 Å². The van der Waals surface area contributed by atoms with Crippen molar-refractivity contribution < 1.29 is 19.0 Å². The fraction of sp³-hybridized carbons (Fsp3) is 0.143. The third-order valence-corrected chi connectivity index (χ3v) is 2.99. The maximum Gasteiger partial charge on any atom is 0.340 e. The van der Waals surface area contributed by atoms with Gasteiger partial charge < -0.3 is 25.3 Å². The zero-order chi connectivity index (χ0) is 14.8. The number of nitrogens with two attached hydrogens (primary N) is 1. The number of methoxy groups -OCH3 is 1. The number of esters is 1. The van der Waals surface area contributed by atoms with E-state index < -0.39 is 5.97 Å². The highest BCUT2D eigenvalue weighted by Gasteiger charge is 2.15. The lowest BCUT2D eigenvalue weighted by atomic mass is 10.2. The molecule has 0 saturated heterocycles. The van der Waals surface area contributed by atoms with Crippen LogP contribution in [0.3, 0.4) is 0 Å². The Labute approximate surface area is 120 Å². The smallest absolute Gasteiger partial charge is 0.340 e. The first kappa shape index (κ1) is 13.0. The van der Waals surface area contributed by atoms with Crippen LogP contribution in [-0.4, -0.2) is 24.9 Å². The molecule has 0 saturated carbocycles. The molecule has 0 amide bonds. The first-order valence-corrected chi connectivity index (χ1v) is 6.18. The van der Waals surface area contributed by atoms with Gasteiger partial charge in [0.2, 0.25) is 6.79 Å². The van der Waals surface area contributed by atoms with Crippen LogP contribution in [0.1, 0.15) is 10.4 Å². The Morgan fingerprint density at radius 1 is 1.33 bits per heavy atom. The van der Waals surface area contributed by atoms with Gasteiger partial charge in [-0.05, 0) is 18.2 Å². The molecule has 3 N–H and O–H groups in total. The van der Waals surface area contributed by atoms with Gasteiger partial charge in [-0.25, -0.2) is 9.78 Å². The molecule has 1 aliphatic heterocycles. The summed E-state index contributed by atoms with van der Waals surface area (Å²) in [4.78, 5) is 15.7. The number of hydrogen-bond acceptors (Lipinski definition) is 7. The largest absolute Gasteiger partial charge is 0.465 e. The van der Waals surface area contributed by atoms with Gasteiger partial charge in [-0.2, -0.15) is 0 Å². The average Bonchev–Trinajstić information content (AvgIpc) is 2.96. The van der Waals surface area contributed by atoms with Gasteiger partial charge in [0.25, 0.3) is 0 Å². The molecule has 7 heteroatoms. The van der Waals surface area contributed by atoms with Crippen molar-refractivity contribution in [1.82, 2.24) is 4.98 Å². The van der Waals surface area contributed by atoms with Crippen LogP contribution in [0.5, 0.6) is 11.5 Å². The number of hydrogen-bond donors (Lipinski definition) is 2. The molecule has 1 aliphatic rings. The average molecular weight is 287 g/mol. The van der Waals surface area contributed by atoms with E-state index in [9.17, 15) is 4.79 Å². The van der Waals surface area contributed by atoms with E-state index >= 15 is 0 Å². The van der Waals surface area contributed by atoms with Crippen molar-refractivity contribution in [2.24, 2.45) is 0 Å². The molecule has 0 atom stereocenters. The third-order valence-electron chi connectivity index (χ3n) is 2.99. The standard InChI is InChI=1S/C14H13N3O4/c1-19-14(18)9-5-13(16-6-10(9)15)17-8-2-3-11-12(4-8)21-7-20-11/h2-6H,7,15H2,1H3,(H,16,17). The van der Waals surface area contributed by atoms with Crippen LogP contribution in [-0.2, 0) is 4.74 Å². The van der Waals surface area contributed by atoms with Crippen molar-refractivity contribution in [3.8, 4) is 11.5 Å². The molecule has 108 valence electrons. The molecule has 0 spiro atoms. The molecule has 0 unspecified atom stereocenters. The SMILES string of the molecule is COC(=O)c1cc(Nc2ccc3c(c2)OCO3)ncc1N. The van der Waals surface area contributed by atoms with Crippen LogP contribution in [0.2, 0.25) is 0 Å². The normalized spacial score (nSPS) is 12.0. The van der Waals surface area contributed by atoms with Crippen molar-refractivity contribution in [2.75, 3.05) is 25.0 Å². The van der Waals surface area contributed by atoms with Gasteiger partial charge in [0, 0.05) is 11.8 Å². The molecule has 0 radical (unpaired) electrons. The molecule has 3 rings (SSSR count).